The third-order valence-corrected chi connectivity index (χ3v) is 2.60. The Labute approximate surface area is 102 Å². The largest absolute Gasteiger partial charge is 0.353 e. The molecule has 0 aliphatic heterocycles. The maximum Gasteiger partial charge on any atom is 0.220 e. The molecule has 0 radical (unpaired) electrons. The van der Waals surface area contributed by atoms with Crippen molar-refractivity contribution in [3.8, 4) is 0 Å². The lowest BCUT2D eigenvalue weighted by atomic mass is 10.1. The predicted octanol–water partition coefficient (Wildman–Crippen LogP) is 2.75. The fourth-order valence-electron chi connectivity index (χ4n) is 1.59. The quantitative estimate of drug-likeness (QED) is 0.760. The average Bonchev–Trinajstić information content (AvgIpc) is 2.27. The van der Waals surface area contributed by atoms with Crippen molar-refractivity contribution in [3.05, 3.63) is 35.9 Å². The number of hydrogen-bond donors (Lipinski definition) is 1. The summed E-state index contributed by atoms with van der Waals surface area (Å²) >= 11 is 5.53. The number of hydrogen-bond acceptors (Lipinski definition) is 1. The number of carbonyl (C=O) groups is 1. The summed E-state index contributed by atoms with van der Waals surface area (Å²) in [4.78, 5) is 11.4. The fourth-order valence-corrected chi connectivity index (χ4v) is 1.73. The molecule has 0 heterocycles. The van der Waals surface area contributed by atoms with Gasteiger partial charge < -0.3 is 5.32 Å². The van der Waals surface area contributed by atoms with E-state index in [1.54, 1.807) is 0 Å². The van der Waals surface area contributed by atoms with E-state index < -0.39 is 0 Å². The lowest BCUT2D eigenvalue weighted by Gasteiger charge is -2.13. The Morgan fingerprint density at radius 1 is 1.38 bits per heavy atom. The number of benzene rings is 1. The molecule has 1 N–H and O–H groups in total. The monoisotopic (exact) mass is 239 g/mol. The van der Waals surface area contributed by atoms with Crippen LogP contribution in [0.2, 0.25) is 0 Å². The summed E-state index contributed by atoms with van der Waals surface area (Å²) in [5.41, 5.74) is 1.24. The zero-order valence-electron chi connectivity index (χ0n) is 9.58. The third kappa shape index (κ3) is 5.17. The van der Waals surface area contributed by atoms with Crippen LogP contribution in [-0.4, -0.2) is 17.8 Å². The molecule has 0 saturated carbocycles. The number of nitrogens with one attached hydrogen (secondary N) is 1. The minimum atomic E-state index is 0.0871. The highest BCUT2D eigenvalue weighted by atomic mass is 35.5. The van der Waals surface area contributed by atoms with Crippen LogP contribution >= 0.6 is 11.6 Å². The average molecular weight is 240 g/mol. The summed E-state index contributed by atoms with van der Waals surface area (Å²) in [7, 11) is 0. The maximum absolute atomic E-state index is 11.4. The molecule has 0 aliphatic carbocycles. The first kappa shape index (κ1) is 13.0. The molecule has 0 aliphatic rings. The van der Waals surface area contributed by atoms with Gasteiger partial charge in [0, 0.05) is 18.3 Å². The number of amides is 1. The third-order valence-electron chi connectivity index (χ3n) is 2.33. The molecule has 1 aromatic rings. The van der Waals surface area contributed by atoms with Gasteiger partial charge in [-0.2, -0.15) is 0 Å². The topological polar surface area (TPSA) is 29.1 Å². The highest BCUT2D eigenvalue weighted by molar-refractivity contribution is 6.17. The molecule has 0 spiro atoms. The molecule has 1 aromatic carbocycles. The molecular formula is C13H18ClNO. The Morgan fingerprint density at radius 3 is 2.69 bits per heavy atom. The first-order valence-corrected chi connectivity index (χ1v) is 6.15. The lowest BCUT2D eigenvalue weighted by molar-refractivity contribution is -0.121. The lowest BCUT2D eigenvalue weighted by Crippen LogP contribution is -2.33. The van der Waals surface area contributed by atoms with Crippen LogP contribution in [0.3, 0.4) is 0 Å². The Bertz CT molecular complexity index is 313. The van der Waals surface area contributed by atoms with Crippen molar-refractivity contribution in [2.45, 2.75) is 32.2 Å². The van der Waals surface area contributed by atoms with E-state index in [2.05, 4.69) is 17.4 Å². The number of alkyl halides is 1. The Kier molecular flexibility index (Phi) is 5.94. The van der Waals surface area contributed by atoms with E-state index in [4.69, 9.17) is 11.6 Å². The van der Waals surface area contributed by atoms with E-state index in [-0.39, 0.29) is 11.9 Å². The van der Waals surface area contributed by atoms with Crippen LogP contribution in [0.1, 0.15) is 25.3 Å². The molecular weight excluding hydrogens is 222 g/mol. The van der Waals surface area contributed by atoms with E-state index >= 15 is 0 Å². The Morgan fingerprint density at radius 2 is 2.06 bits per heavy atom. The van der Waals surface area contributed by atoms with E-state index in [0.717, 1.165) is 12.8 Å². The summed E-state index contributed by atoms with van der Waals surface area (Å²) in [5, 5.41) is 2.97. The zero-order valence-corrected chi connectivity index (χ0v) is 10.3. The smallest absolute Gasteiger partial charge is 0.220 e. The summed E-state index contributed by atoms with van der Waals surface area (Å²) < 4.78 is 0. The maximum atomic E-state index is 11.4. The van der Waals surface area contributed by atoms with Gasteiger partial charge in [0.25, 0.3) is 0 Å². The van der Waals surface area contributed by atoms with Crippen LogP contribution in [0, 0.1) is 0 Å². The van der Waals surface area contributed by atoms with Crippen LogP contribution in [0.15, 0.2) is 30.3 Å². The van der Waals surface area contributed by atoms with Crippen molar-refractivity contribution in [3.63, 3.8) is 0 Å². The molecule has 3 heteroatoms. The second kappa shape index (κ2) is 7.29. The molecule has 1 atom stereocenters. The van der Waals surface area contributed by atoms with Gasteiger partial charge >= 0.3 is 0 Å². The normalized spacial score (nSPS) is 12.1. The first-order valence-electron chi connectivity index (χ1n) is 5.61. The zero-order chi connectivity index (χ0) is 11.8. The molecule has 0 saturated heterocycles. The minimum absolute atomic E-state index is 0.0871. The molecule has 0 bridgehead atoms. The number of rotatable bonds is 6. The standard InChI is InChI=1S/C13H18ClNO/c1-11(15-13(16)8-5-9-14)10-12-6-3-2-4-7-12/h2-4,6-7,11H,5,8-10H2,1H3,(H,15,16). The van der Waals surface area contributed by atoms with Gasteiger partial charge in [-0.1, -0.05) is 30.3 Å². The molecule has 1 amide bonds. The van der Waals surface area contributed by atoms with Gasteiger partial charge in [-0.15, -0.1) is 11.6 Å². The van der Waals surface area contributed by atoms with Gasteiger partial charge in [-0.05, 0) is 25.3 Å². The minimum Gasteiger partial charge on any atom is -0.353 e. The summed E-state index contributed by atoms with van der Waals surface area (Å²) in [6.45, 7) is 2.02. The fraction of sp³-hybridized carbons (Fsp3) is 0.462. The van der Waals surface area contributed by atoms with Crippen LogP contribution < -0.4 is 5.32 Å². The van der Waals surface area contributed by atoms with Crippen LogP contribution in [0.4, 0.5) is 0 Å². The van der Waals surface area contributed by atoms with Crippen LogP contribution in [0.5, 0.6) is 0 Å². The molecule has 2 nitrogen and oxygen atoms in total. The van der Waals surface area contributed by atoms with E-state index in [1.807, 2.05) is 25.1 Å². The van der Waals surface area contributed by atoms with Gasteiger partial charge in [0.2, 0.25) is 5.91 Å². The van der Waals surface area contributed by atoms with Gasteiger partial charge in [0.1, 0.15) is 0 Å². The van der Waals surface area contributed by atoms with Gasteiger partial charge in [0.15, 0.2) is 0 Å². The SMILES string of the molecule is CC(Cc1ccccc1)NC(=O)CCCCl. The van der Waals surface area contributed by atoms with Crippen molar-refractivity contribution < 1.29 is 4.79 Å². The summed E-state index contributed by atoms with van der Waals surface area (Å²) in [6, 6.07) is 10.3. The molecule has 16 heavy (non-hydrogen) atoms. The number of halogens is 1. The molecule has 1 rings (SSSR count). The van der Waals surface area contributed by atoms with Crippen molar-refractivity contribution >= 4 is 17.5 Å². The molecule has 0 aromatic heterocycles. The van der Waals surface area contributed by atoms with Crippen molar-refractivity contribution in [2.24, 2.45) is 0 Å². The number of carbonyl (C=O) groups excluding carboxylic acids is 1. The van der Waals surface area contributed by atoms with Crippen molar-refractivity contribution in [2.75, 3.05) is 5.88 Å². The van der Waals surface area contributed by atoms with Gasteiger partial charge in [-0.25, -0.2) is 0 Å². The highest BCUT2D eigenvalue weighted by Crippen LogP contribution is 2.03. The predicted molar refractivity (Wildman–Crippen MR) is 67.7 cm³/mol. The first-order chi connectivity index (χ1) is 7.72. The summed E-state index contributed by atoms with van der Waals surface area (Å²) in [5.74, 6) is 0.629. The van der Waals surface area contributed by atoms with E-state index in [9.17, 15) is 4.79 Å². The van der Waals surface area contributed by atoms with Gasteiger partial charge in [-0.3, -0.25) is 4.79 Å². The molecule has 1 unspecified atom stereocenters. The molecule has 88 valence electrons. The van der Waals surface area contributed by atoms with Gasteiger partial charge in [0.05, 0.1) is 0 Å². The van der Waals surface area contributed by atoms with E-state index in [1.165, 1.54) is 5.56 Å². The van der Waals surface area contributed by atoms with Crippen molar-refractivity contribution in [1.82, 2.24) is 5.32 Å². The second-order valence-electron chi connectivity index (χ2n) is 3.95. The second-order valence-corrected chi connectivity index (χ2v) is 4.33. The summed E-state index contributed by atoms with van der Waals surface area (Å²) in [6.07, 6.45) is 2.13. The Hall–Kier alpha value is -1.02. The highest BCUT2D eigenvalue weighted by Gasteiger charge is 2.07. The van der Waals surface area contributed by atoms with E-state index in [0.29, 0.717) is 12.3 Å². The van der Waals surface area contributed by atoms with Crippen LogP contribution in [-0.2, 0) is 11.2 Å². The van der Waals surface area contributed by atoms with Crippen molar-refractivity contribution in [1.29, 1.82) is 0 Å². The molecule has 0 fully saturated rings. The van der Waals surface area contributed by atoms with Crippen LogP contribution in [0.25, 0.3) is 0 Å². The Balaban J connectivity index is 2.30.